The van der Waals surface area contributed by atoms with Gasteiger partial charge in [0.25, 0.3) is 0 Å². The predicted molar refractivity (Wildman–Crippen MR) is 63.7 cm³/mol. The van der Waals surface area contributed by atoms with Crippen molar-refractivity contribution in [2.45, 2.75) is 20.0 Å². The molecule has 0 saturated carbocycles. The van der Waals surface area contributed by atoms with Gasteiger partial charge in [-0.2, -0.15) is 0 Å². The van der Waals surface area contributed by atoms with E-state index in [-0.39, 0.29) is 6.10 Å². The Kier molecular flexibility index (Phi) is 3.43. The molecule has 0 bridgehead atoms. The highest BCUT2D eigenvalue weighted by atomic mass is 32.1. The molecule has 0 atom stereocenters. The van der Waals surface area contributed by atoms with Crippen molar-refractivity contribution in [3.8, 4) is 11.3 Å². The fraction of sp³-hybridized carbons (Fsp3) is 0.273. The largest absolute Gasteiger partial charge is 0.459 e. The van der Waals surface area contributed by atoms with E-state index in [2.05, 4.69) is 14.6 Å². The van der Waals surface area contributed by atoms with Gasteiger partial charge in [-0.25, -0.2) is 4.79 Å². The normalized spacial score (nSPS) is 10.5. The Labute approximate surface area is 103 Å². The summed E-state index contributed by atoms with van der Waals surface area (Å²) in [6, 6.07) is 3.61. The van der Waals surface area contributed by atoms with E-state index >= 15 is 0 Å². The molecule has 0 aliphatic heterocycles. The van der Waals surface area contributed by atoms with Crippen LogP contribution in [-0.2, 0) is 4.74 Å². The third kappa shape index (κ3) is 2.65. The van der Waals surface area contributed by atoms with Crippen LogP contribution in [0.3, 0.4) is 0 Å². The van der Waals surface area contributed by atoms with Gasteiger partial charge in [-0.05, 0) is 37.5 Å². The van der Waals surface area contributed by atoms with Gasteiger partial charge in [0.1, 0.15) is 5.69 Å². The maximum atomic E-state index is 11.8. The average Bonchev–Trinajstić information content (AvgIpc) is 2.78. The Morgan fingerprint density at radius 1 is 1.47 bits per heavy atom. The van der Waals surface area contributed by atoms with E-state index in [4.69, 9.17) is 4.74 Å². The molecule has 0 saturated heterocycles. The standard InChI is InChI=1S/C11H11N3O2S/c1-7(2)16-11(15)10-9(13-14-17-10)8-4-3-5-12-6-8/h3-7H,1-2H3. The molecule has 0 aliphatic rings. The second kappa shape index (κ2) is 5.01. The minimum Gasteiger partial charge on any atom is -0.459 e. The van der Waals surface area contributed by atoms with Crippen molar-refractivity contribution in [2.75, 3.05) is 0 Å². The highest BCUT2D eigenvalue weighted by molar-refractivity contribution is 7.08. The lowest BCUT2D eigenvalue weighted by Crippen LogP contribution is -2.11. The minimum absolute atomic E-state index is 0.161. The van der Waals surface area contributed by atoms with Crippen molar-refractivity contribution < 1.29 is 9.53 Å². The fourth-order valence-corrected chi connectivity index (χ4v) is 1.86. The van der Waals surface area contributed by atoms with Crippen LogP contribution in [0.1, 0.15) is 23.5 Å². The summed E-state index contributed by atoms with van der Waals surface area (Å²) in [6.07, 6.45) is 3.14. The third-order valence-electron chi connectivity index (χ3n) is 1.95. The van der Waals surface area contributed by atoms with Gasteiger partial charge >= 0.3 is 5.97 Å². The molecule has 6 heteroatoms. The van der Waals surface area contributed by atoms with E-state index in [1.165, 1.54) is 0 Å². The molecular weight excluding hydrogens is 238 g/mol. The number of nitrogens with zero attached hydrogens (tertiary/aromatic N) is 3. The zero-order valence-corrected chi connectivity index (χ0v) is 10.3. The van der Waals surface area contributed by atoms with Gasteiger partial charge in [0, 0.05) is 18.0 Å². The van der Waals surface area contributed by atoms with Gasteiger partial charge in [-0.3, -0.25) is 4.98 Å². The molecular formula is C11H11N3O2S. The van der Waals surface area contributed by atoms with E-state index in [1.807, 2.05) is 6.07 Å². The first-order valence-electron chi connectivity index (χ1n) is 5.12. The smallest absolute Gasteiger partial charge is 0.352 e. The monoisotopic (exact) mass is 249 g/mol. The summed E-state index contributed by atoms with van der Waals surface area (Å²) in [5.74, 6) is -0.395. The second-order valence-electron chi connectivity index (χ2n) is 3.65. The van der Waals surface area contributed by atoms with E-state index in [0.717, 1.165) is 17.1 Å². The summed E-state index contributed by atoms with van der Waals surface area (Å²) < 4.78 is 8.92. The third-order valence-corrected chi connectivity index (χ3v) is 2.66. The van der Waals surface area contributed by atoms with Gasteiger partial charge in [0.15, 0.2) is 4.88 Å². The maximum Gasteiger partial charge on any atom is 0.352 e. The average molecular weight is 249 g/mol. The second-order valence-corrected chi connectivity index (χ2v) is 4.40. The Morgan fingerprint density at radius 2 is 2.29 bits per heavy atom. The number of aromatic nitrogens is 3. The summed E-state index contributed by atoms with van der Waals surface area (Å²) in [6.45, 7) is 3.60. The van der Waals surface area contributed by atoms with Crippen molar-refractivity contribution in [3.05, 3.63) is 29.4 Å². The molecule has 2 rings (SSSR count). The van der Waals surface area contributed by atoms with Crippen LogP contribution in [0.2, 0.25) is 0 Å². The highest BCUT2D eigenvalue weighted by Gasteiger charge is 2.19. The van der Waals surface area contributed by atoms with Gasteiger partial charge in [0.2, 0.25) is 0 Å². The Hall–Kier alpha value is -1.82. The lowest BCUT2D eigenvalue weighted by atomic mass is 10.2. The fourth-order valence-electron chi connectivity index (χ4n) is 1.28. The van der Waals surface area contributed by atoms with E-state index in [0.29, 0.717) is 10.6 Å². The van der Waals surface area contributed by atoms with Gasteiger partial charge in [-0.15, -0.1) is 5.10 Å². The Morgan fingerprint density at radius 3 is 2.94 bits per heavy atom. The van der Waals surface area contributed by atoms with Gasteiger partial charge in [0.05, 0.1) is 6.10 Å². The maximum absolute atomic E-state index is 11.8. The van der Waals surface area contributed by atoms with Crippen molar-refractivity contribution in [2.24, 2.45) is 0 Å². The van der Waals surface area contributed by atoms with Crippen LogP contribution in [0.5, 0.6) is 0 Å². The molecule has 0 aromatic carbocycles. The molecule has 0 aliphatic carbocycles. The molecule has 0 N–H and O–H groups in total. The highest BCUT2D eigenvalue weighted by Crippen LogP contribution is 2.23. The first kappa shape index (κ1) is 11.7. The van der Waals surface area contributed by atoms with Crippen LogP contribution in [0.4, 0.5) is 0 Å². The first-order chi connectivity index (χ1) is 8.18. The van der Waals surface area contributed by atoms with E-state index in [9.17, 15) is 4.79 Å². The first-order valence-corrected chi connectivity index (χ1v) is 5.89. The predicted octanol–water partition coefficient (Wildman–Crippen LogP) is 2.17. The van der Waals surface area contributed by atoms with Crippen molar-refractivity contribution in [3.63, 3.8) is 0 Å². The van der Waals surface area contributed by atoms with Crippen LogP contribution < -0.4 is 0 Å². The number of esters is 1. The SMILES string of the molecule is CC(C)OC(=O)c1snnc1-c1cccnc1. The molecule has 2 aromatic rings. The van der Waals surface area contributed by atoms with Gasteiger partial charge in [-0.1, -0.05) is 4.49 Å². The number of pyridine rings is 1. The molecule has 0 spiro atoms. The molecule has 0 amide bonds. The van der Waals surface area contributed by atoms with E-state index < -0.39 is 5.97 Å². The molecule has 88 valence electrons. The zero-order chi connectivity index (χ0) is 12.3. The Bertz CT molecular complexity index is 510. The van der Waals surface area contributed by atoms with Crippen LogP contribution >= 0.6 is 11.5 Å². The molecule has 2 aromatic heterocycles. The van der Waals surface area contributed by atoms with E-state index in [1.54, 1.807) is 32.3 Å². The van der Waals surface area contributed by atoms with Gasteiger partial charge < -0.3 is 4.74 Å². The molecule has 0 unspecified atom stereocenters. The van der Waals surface area contributed by atoms with Crippen LogP contribution in [-0.4, -0.2) is 26.6 Å². The van der Waals surface area contributed by atoms with Crippen LogP contribution in [0.25, 0.3) is 11.3 Å². The zero-order valence-electron chi connectivity index (χ0n) is 9.45. The molecule has 0 fully saturated rings. The van der Waals surface area contributed by atoms with Crippen molar-refractivity contribution >= 4 is 17.5 Å². The lowest BCUT2D eigenvalue weighted by Gasteiger charge is -2.06. The number of hydrogen-bond donors (Lipinski definition) is 0. The molecule has 2 heterocycles. The van der Waals surface area contributed by atoms with Crippen LogP contribution in [0.15, 0.2) is 24.5 Å². The summed E-state index contributed by atoms with van der Waals surface area (Å²) in [5.41, 5.74) is 1.28. The number of rotatable bonds is 3. The summed E-state index contributed by atoms with van der Waals surface area (Å²) >= 11 is 1.03. The molecule has 5 nitrogen and oxygen atoms in total. The Balaban J connectivity index is 2.32. The lowest BCUT2D eigenvalue weighted by molar-refractivity contribution is 0.0384. The van der Waals surface area contributed by atoms with Crippen molar-refractivity contribution in [1.29, 1.82) is 0 Å². The number of hydrogen-bond acceptors (Lipinski definition) is 6. The van der Waals surface area contributed by atoms with Crippen LogP contribution in [0, 0.1) is 0 Å². The number of carbonyl (C=O) groups is 1. The number of carbonyl (C=O) groups excluding carboxylic acids is 1. The summed E-state index contributed by atoms with van der Waals surface area (Å²) in [7, 11) is 0. The molecule has 0 radical (unpaired) electrons. The quantitative estimate of drug-likeness (QED) is 0.780. The number of ether oxygens (including phenoxy) is 1. The molecule has 17 heavy (non-hydrogen) atoms. The minimum atomic E-state index is -0.395. The topological polar surface area (TPSA) is 65.0 Å². The van der Waals surface area contributed by atoms with Crippen molar-refractivity contribution in [1.82, 2.24) is 14.6 Å². The summed E-state index contributed by atoms with van der Waals surface area (Å²) in [5, 5.41) is 3.94. The summed E-state index contributed by atoms with van der Waals surface area (Å²) in [4.78, 5) is 16.2.